The first-order valence-corrected chi connectivity index (χ1v) is 6.39. The summed E-state index contributed by atoms with van der Waals surface area (Å²) in [5.41, 5.74) is 1.24. The van der Waals surface area contributed by atoms with E-state index in [1.807, 2.05) is 27.7 Å². The van der Waals surface area contributed by atoms with Crippen LogP contribution in [-0.2, 0) is 9.59 Å². The van der Waals surface area contributed by atoms with Crippen LogP contribution in [0.15, 0.2) is 11.4 Å². The third-order valence-electron chi connectivity index (χ3n) is 3.00. The number of hydrogen-bond acceptors (Lipinski definition) is 4. The fourth-order valence-corrected chi connectivity index (χ4v) is 2.26. The summed E-state index contributed by atoms with van der Waals surface area (Å²) in [4.78, 5) is 22.7. The number of nitrogens with one attached hydrogen (secondary N) is 2. The first kappa shape index (κ1) is 14.5. The Morgan fingerprint density at radius 1 is 1.33 bits per heavy atom. The number of allylic oxidation sites excluding steroid dienone is 2. The quantitative estimate of drug-likeness (QED) is 0.656. The fourth-order valence-electron chi connectivity index (χ4n) is 2.26. The number of carbonyl (C=O) groups excluding carboxylic acids is 1. The molecule has 0 aromatic heterocycles. The highest BCUT2D eigenvalue weighted by molar-refractivity contribution is 5.97. The van der Waals surface area contributed by atoms with Gasteiger partial charge in [-0.3, -0.25) is 4.79 Å². The van der Waals surface area contributed by atoms with Gasteiger partial charge in [0.25, 0.3) is 0 Å². The Hall–Kier alpha value is -1.52. The molecule has 1 heterocycles. The second-order valence-corrected chi connectivity index (χ2v) is 5.21. The second kappa shape index (κ2) is 5.42. The fraction of sp³-hybridized carbons (Fsp3) is 0.692. The number of hydrogen-bond donors (Lipinski definition) is 3. The molecule has 0 radical (unpaired) electrons. The van der Waals surface area contributed by atoms with E-state index in [4.69, 9.17) is 5.11 Å². The zero-order chi connectivity index (χ0) is 13.9. The van der Waals surface area contributed by atoms with Gasteiger partial charge in [-0.25, -0.2) is 4.79 Å². The standard InChI is InChI=1S/C11H16N2O3.C2H6/c1-11(2)3-6-9(8(14)4-11)12-5-7(13-6)10(15)16;1-2/h7,12-13H,3-5H2,1-2H3,(H,15,16);1-2H3. The Balaban J connectivity index is 0.000000771. The molecule has 1 aliphatic heterocycles. The van der Waals surface area contributed by atoms with Gasteiger partial charge in [0.05, 0.1) is 5.70 Å². The van der Waals surface area contributed by atoms with Gasteiger partial charge in [-0.1, -0.05) is 27.7 Å². The maximum absolute atomic E-state index is 11.8. The summed E-state index contributed by atoms with van der Waals surface area (Å²) in [7, 11) is 0. The highest BCUT2D eigenvalue weighted by atomic mass is 16.4. The van der Waals surface area contributed by atoms with Crippen LogP contribution >= 0.6 is 0 Å². The van der Waals surface area contributed by atoms with Crippen LogP contribution in [-0.4, -0.2) is 29.4 Å². The minimum atomic E-state index is -0.894. The van der Waals surface area contributed by atoms with E-state index in [1.54, 1.807) is 0 Å². The Bertz CT molecular complexity index is 386. The van der Waals surface area contributed by atoms with Crippen molar-refractivity contribution in [3.63, 3.8) is 0 Å². The van der Waals surface area contributed by atoms with Crippen molar-refractivity contribution in [2.45, 2.75) is 46.6 Å². The summed E-state index contributed by atoms with van der Waals surface area (Å²) < 4.78 is 0. The van der Waals surface area contributed by atoms with Crippen LogP contribution in [0.5, 0.6) is 0 Å². The molecule has 5 nitrogen and oxygen atoms in total. The van der Waals surface area contributed by atoms with Crippen molar-refractivity contribution >= 4 is 11.8 Å². The van der Waals surface area contributed by atoms with Crippen molar-refractivity contribution in [1.29, 1.82) is 0 Å². The number of ketones is 1. The van der Waals surface area contributed by atoms with Crippen molar-refractivity contribution in [1.82, 2.24) is 10.6 Å². The van der Waals surface area contributed by atoms with Gasteiger partial charge in [0.15, 0.2) is 5.78 Å². The van der Waals surface area contributed by atoms with E-state index >= 15 is 0 Å². The first-order chi connectivity index (χ1) is 8.39. The number of aliphatic carboxylic acids is 1. The monoisotopic (exact) mass is 254 g/mol. The van der Waals surface area contributed by atoms with Crippen molar-refractivity contribution in [2.75, 3.05) is 6.54 Å². The Morgan fingerprint density at radius 3 is 2.50 bits per heavy atom. The molecule has 0 spiro atoms. The van der Waals surface area contributed by atoms with Gasteiger partial charge in [-0.05, 0) is 11.8 Å². The third kappa shape index (κ3) is 3.03. The molecule has 2 aliphatic rings. The number of carboxylic acid groups (broad SMARTS) is 1. The van der Waals surface area contributed by atoms with E-state index in [2.05, 4.69) is 10.6 Å². The Morgan fingerprint density at radius 2 is 1.94 bits per heavy atom. The van der Waals surface area contributed by atoms with E-state index < -0.39 is 12.0 Å². The smallest absolute Gasteiger partial charge is 0.327 e. The van der Waals surface area contributed by atoms with Crippen molar-refractivity contribution < 1.29 is 14.7 Å². The molecule has 2 rings (SSSR count). The lowest BCUT2D eigenvalue weighted by Gasteiger charge is -2.37. The van der Waals surface area contributed by atoms with Crippen LogP contribution in [0.1, 0.15) is 40.5 Å². The van der Waals surface area contributed by atoms with Gasteiger partial charge in [-0.15, -0.1) is 0 Å². The molecule has 0 aromatic rings. The summed E-state index contributed by atoms with van der Waals surface area (Å²) in [6.07, 6.45) is 1.23. The summed E-state index contributed by atoms with van der Waals surface area (Å²) in [5, 5.41) is 14.8. The molecule has 0 aromatic carbocycles. The molecule has 0 saturated heterocycles. The van der Waals surface area contributed by atoms with E-state index in [9.17, 15) is 9.59 Å². The lowest BCUT2D eigenvalue weighted by atomic mass is 9.77. The molecular formula is C13H22N2O3. The van der Waals surface area contributed by atoms with Crippen molar-refractivity contribution in [3.05, 3.63) is 11.4 Å². The minimum Gasteiger partial charge on any atom is -0.480 e. The minimum absolute atomic E-state index is 0.0718. The summed E-state index contributed by atoms with van der Waals surface area (Å²) in [6, 6.07) is -0.638. The Kier molecular flexibility index (Phi) is 4.38. The van der Waals surface area contributed by atoms with Crippen LogP contribution in [0.3, 0.4) is 0 Å². The molecule has 0 amide bonds. The normalized spacial score (nSPS) is 25.1. The molecule has 102 valence electrons. The third-order valence-corrected chi connectivity index (χ3v) is 3.00. The van der Waals surface area contributed by atoms with E-state index in [1.165, 1.54) is 0 Å². The van der Waals surface area contributed by atoms with Crippen LogP contribution in [0.2, 0.25) is 0 Å². The molecule has 0 fully saturated rings. The van der Waals surface area contributed by atoms with Crippen LogP contribution in [0.4, 0.5) is 0 Å². The molecule has 3 N–H and O–H groups in total. The first-order valence-electron chi connectivity index (χ1n) is 6.39. The van der Waals surface area contributed by atoms with Gasteiger partial charge in [-0.2, -0.15) is 0 Å². The predicted molar refractivity (Wildman–Crippen MR) is 69.0 cm³/mol. The summed E-state index contributed by atoms with van der Waals surface area (Å²) in [5.74, 6) is -0.822. The highest BCUT2D eigenvalue weighted by Gasteiger charge is 2.37. The van der Waals surface area contributed by atoms with Gasteiger partial charge in [0.2, 0.25) is 0 Å². The number of rotatable bonds is 1. The maximum Gasteiger partial charge on any atom is 0.327 e. The van der Waals surface area contributed by atoms with Crippen molar-refractivity contribution in [2.24, 2.45) is 5.41 Å². The zero-order valence-electron chi connectivity index (χ0n) is 11.5. The van der Waals surface area contributed by atoms with E-state index in [-0.39, 0.29) is 17.7 Å². The predicted octanol–water partition coefficient (Wildman–Crippen LogP) is 1.26. The zero-order valence-corrected chi connectivity index (χ0v) is 11.5. The second-order valence-electron chi connectivity index (χ2n) is 5.21. The average Bonchev–Trinajstić information content (AvgIpc) is 2.29. The molecule has 1 unspecified atom stereocenters. The maximum atomic E-state index is 11.8. The van der Waals surface area contributed by atoms with Gasteiger partial charge in [0.1, 0.15) is 6.04 Å². The van der Waals surface area contributed by atoms with E-state index in [0.29, 0.717) is 18.5 Å². The largest absolute Gasteiger partial charge is 0.480 e. The molecular weight excluding hydrogens is 232 g/mol. The SMILES string of the molecule is CC.CC1(C)CC(=O)C2=C(C1)NC(C(=O)O)CN2. The molecule has 5 heteroatoms. The molecule has 0 saturated carbocycles. The molecule has 18 heavy (non-hydrogen) atoms. The number of carboxylic acids is 1. The number of carbonyl (C=O) groups is 2. The highest BCUT2D eigenvalue weighted by Crippen LogP contribution is 2.35. The van der Waals surface area contributed by atoms with Crippen LogP contribution in [0.25, 0.3) is 0 Å². The van der Waals surface area contributed by atoms with E-state index in [0.717, 1.165) is 5.70 Å². The van der Waals surface area contributed by atoms with Gasteiger partial charge >= 0.3 is 5.97 Å². The lowest BCUT2D eigenvalue weighted by Crippen LogP contribution is -2.52. The average molecular weight is 254 g/mol. The molecule has 1 atom stereocenters. The van der Waals surface area contributed by atoms with Crippen LogP contribution in [0, 0.1) is 5.41 Å². The Labute approximate surface area is 108 Å². The topological polar surface area (TPSA) is 78.4 Å². The molecule has 0 bridgehead atoms. The van der Waals surface area contributed by atoms with Gasteiger partial charge < -0.3 is 15.7 Å². The van der Waals surface area contributed by atoms with Gasteiger partial charge in [0, 0.05) is 18.7 Å². The number of Topliss-reactive ketones (excluding diaryl/α,β-unsaturated/α-hetero) is 1. The summed E-state index contributed by atoms with van der Waals surface area (Å²) >= 11 is 0. The lowest BCUT2D eigenvalue weighted by molar-refractivity contribution is -0.139. The summed E-state index contributed by atoms with van der Waals surface area (Å²) in [6.45, 7) is 8.29. The molecule has 1 aliphatic carbocycles. The van der Waals surface area contributed by atoms with Crippen LogP contribution < -0.4 is 10.6 Å². The van der Waals surface area contributed by atoms with Crippen molar-refractivity contribution in [3.8, 4) is 0 Å².